The van der Waals surface area contributed by atoms with Crippen molar-refractivity contribution >= 4 is 12.0 Å². The molecule has 1 aliphatic heterocycles. The van der Waals surface area contributed by atoms with Gasteiger partial charge in [-0.3, -0.25) is 4.79 Å². The number of aliphatic hydroxyl groups is 1. The Morgan fingerprint density at radius 1 is 1.29 bits per heavy atom. The molecule has 7 nitrogen and oxygen atoms in total. The van der Waals surface area contributed by atoms with Gasteiger partial charge in [-0.1, -0.05) is 0 Å². The summed E-state index contributed by atoms with van der Waals surface area (Å²) in [6.07, 6.45) is 0.605. The number of nitrogens with one attached hydrogen (secondary N) is 1. The molecule has 0 radical (unpaired) electrons. The van der Waals surface area contributed by atoms with Gasteiger partial charge in [0.05, 0.1) is 12.1 Å². The fourth-order valence-electron chi connectivity index (χ4n) is 2.23. The highest BCUT2D eigenvalue weighted by molar-refractivity contribution is 5.78. The van der Waals surface area contributed by atoms with Crippen molar-refractivity contribution < 1.29 is 24.2 Å². The Hall–Kier alpha value is -1.34. The van der Waals surface area contributed by atoms with Gasteiger partial charge in [0, 0.05) is 20.2 Å². The van der Waals surface area contributed by atoms with Crippen LogP contribution in [0.2, 0.25) is 0 Å². The number of nitrogens with zero attached hydrogens (tertiary/aromatic N) is 1. The molecule has 0 aliphatic carbocycles. The number of hydrogen-bond donors (Lipinski definition) is 2. The van der Waals surface area contributed by atoms with Crippen LogP contribution < -0.4 is 5.32 Å². The maximum Gasteiger partial charge on any atom is 0.410 e. The van der Waals surface area contributed by atoms with E-state index < -0.39 is 11.1 Å². The number of carbonyl (C=O) groups is 2. The molecule has 1 fully saturated rings. The van der Waals surface area contributed by atoms with Crippen molar-refractivity contribution in [3.05, 3.63) is 0 Å². The van der Waals surface area contributed by atoms with E-state index in [1.54, 1.807) is 4.90 Å². The quantitative estimate of drug-likeness (QED) is 0.790. The molecule has 0 saturated carbocycles. The zero-order chi connectivity index (χ0) is 16.1. The Kier molecular flexibility index (Phi) is 5.98. The summed E-state index contributed by atoms with van der Waals surface area (Å²) in [5.74, 6) is -0.266. The molecule has 0 aromatic carbocycles. The maximum atomic E-state index is 12.0. The van der Waals surface area contributed by atoms with Crippen LogP contribution in [0.15, 0.2) is 0 Å². The van der Waals surface area contributed by atoms with E-state index in [9.17, 15) is 14.7 Å². The lowest BCUT2D eigenvalue weighted by Crippen LogP contribution is -2.59. The number of carbonyl (C=O) groups excluding carboxylic acids is 2. The van der Waals surface area contributed by atoms with Crippen LogP contribution in [0.4, 0.5) is 4.79 Å². The Morgan fingerprint density at radius 2 is 1.86 bits per heavy atom. The second-order valence-electron chi connectivity index (χ2n) is 6.39. The summed E-state index contributed by atoms with van der Waals surface area (Å²) in [7, 11) is 1.44. The van der Waals surface area contributed by atoms with Crippen molar-refractivity contribution in [3.8, 4) is 0 Å². The zero-order valence-electron chi connectivity index (χ0n) is 13.3. The summed E-state index contributed by atoms with van der Waals surface area (Å²) in [4.78, 5) is 25.2. The summed E-state index contributed by atoms with van der Waals surface area (Å²) in [6.45, 7) is 6.11. The van der Waals surface area contributed by atoms with Gasteiger partial charge in [-0.15, -0.1) is 0 Å². The summed E-state index contributed by atoms with van der Waals surface area (Å²) in [6, 6.07) is 0. The number of methoxy groups -OCH3 is 1. The Labute approximate surface area is 125 Å². The molecule has 1 rings (SSSR count). The third-order valence-corrected chi connectivity index (χ3v) is 3.35. The highest BCUT2D eigenvalue weighted by atomic mass is 16.6. The van der Waals surface area contributed by atoms with Crippen molar-refractivity contribution in [2.45, 2.75) is 44.8 Å². The molecule has 0 aromatic heterocycles. The van der Waals surface area contributed by atoms with Crippen LogP contribution >= 0.6 is 0 Å². The lowest BCUT2D eigenvalue weighted by atomic mass is 9.88. The number of amides is 2. The minimum Gasteiger partial charge on any atom is -0.444 e. The van der Waals surface area contributed by atoms with Gasteiger partial charge in [0.2, 0.25) is 5.91 Å². The van der Waals surface area contributed by atoms with Gasteiger partial charge in [-0.2, -0.15) is 0 Å². The van der Waals surface area contributed by atoms with Crippen molar-refractivity contribution in [1.82, 2.24) is 10.2 Å². The Balaban J connectivity index is 2.55. The highest BCUT2D eigenvalue weighted by Gasteiger charge is 2.37. The first-order chi connectivity index (χ1) is 9.71. The van der Waals surface area contributed by atoms with Gasteiger partial charge in [-0.05, 0) is 33.6 Å². The molecular formula is C14H26N2O5. The summed E-state index contributed by atoms with van der Waals surface area (Å²) < 4.78 is 10.1. The van der Waals surface area contributed by atoms with Gasteiger partial charge in [0.15, 0.2) is 0 Å². The van der Waals surface area contributed by atoms with E-state index in [4.69, 9.17) is 9.47 Å². The average molecular weight is 302 g/mol. The molecular weight excluding hydrogens is 276 g/mol. The van der Waals surface area contributed by atoms with Crippen molar-refractivity contribution in [1.29, 1.82) is 0 Å². The monoisotopic (exact) mass is 302 g/mol. The number of aliphatic hydroxyl groups excluding tert-OH is 1. The van der Waals surface area contributed by atoms with Crippen molar-refractivity contribution in [2.24, 2.45) is 0 Å². The molecule has 1 aliphatic rings. The third-order valence-electron chi connectivity index (χ3n) is 3.35. The van der Waals surface area contributed by atoms with E-state index in [-0.39, 0.29) is 25.2 Å². The third kappa shape index (κ3) is 5.51. The van der Waals surface area contributed by atoms with Crippen LogP contribution in [0.5, 0.6) is 0 Å². The van der Waals surface area contributed by atoms with E-state index in [1.807, 2.05) is 20.8 Å². The standard InChI is InChI=1S/C14H26N2O5/c1-13(2,3)21-12(19)16-7-5-14(10-17,6-8-16)15-11(18)9-20-4/h17H,5-10H2,1-4H3,(H,15,18). The number of piperidine rings is 1. The minimum absolute atomic E-state index is 0.0441. The molecule has 1 saturated heterocycles. The SMILES string of the molecule is COCC(=O)NC1(CO)CCN(C(=O)OC(C)(C)C)CC1. The van der Waals surface area contributed by atoms with Crippen LogP contribution in [0, 0.1) is 0 Å². The summed E-state index contributed by atoms with van der Waals surface area (Å²) >= 11 is 0. The summed E-state index contributed by atoms with van der Waals surface area (Å²) in [5, 5.41) is 12.4. The first kappa shape index (κ1) is 17.7. The molecule has 1 heterocycles. The van der Waals surface area contributed by atoms with E-state index in [1.165, 1.54) is 7.11 Å². The lowest BCUT2D eigenvalue weighted by molar-refractivity contribution is -0.128. The van der Waals surface area contributed by atoms with Gasteiger partial charge < -0.3 is 24.8 Å². The van der Waals surface area contributed by atoms with E-state index in [0.717, 1.165) is 0 Å². The maximum absolute atomic E-state index is 12.0. The minimum atomic E-state index is -0.686. The second kappa shape index (κ2) is 7.09. The van der Waals surface area contributed by atoms with Gasteiger partial charge in [-0.25, -0.2) is 4.79 Å². The number of rotatable bonds is 4. The highest BCUT2D eigenvalue weighted by Crippen LogP contribution is 2.23. The number of likely N-dealkylation sites (tertiary alicyclic amines) is 1. The molecule has 0 bridgehead atoms. The van der Waals surface area contributed by atoms with Crippen LogP contribution in [0.1, 0.15) is 33.6 Å². The first-order valence-electron chi connectivity index (χ1n) is 7.10. The topological polar surface area (TPSA) is 88.1 Å². The predicted molar refractivity (Wildman–Crippen MR) is 76.9 cm³/mol. The second-order valence-corrected chi connectivity index (χ2v) is 6.39. The Morgan fingerprint density at radius 3 is 2.29 bits per heavy atom. The van der Waals surface area contributed by atoms with E-state index in [2.05, 4.69) is 5.32 Å². The van der Waals surface area contributed by atoms with Gasteiger partial charge in [0.25, 0.3) is 0 Å². The number of hydrogen-bond acceptors (Lipinski definition) is 5. The Bertz CT molecular complexity index is 370. The molecule has 2 amide bonds. The molecule has 2 N–H and O–H groups in total. The fourth-order valence-corrected chi connectivity index (χ4v) is 2.23. The summed E-state index contributed by atoms with van der Waals surface area (Å²) in [5.41, 5.74) is -1.22. The van der Waals surface area contributed by atoms with Crippen LogP contribution in [0.25, 0.3) is 0 Å². The van der Waals surface area contributed by atoms with Gasteiger partial charge in [0.1, 0.15) is 12.2 Å². The largest absolute Gasteiger partial charge is 0.444 e. The van der Waals surface area contributed by atoms with Crippen LogP contribution in [-0.4, -0.2) is 66.6 Å². The predicted octanol–water partition coefficient (Wildman–Crippen LogP) is 0.511. The fraction of sp³-hybridized carbons (Fsp3) is 0.857. The van der Waals surface area contributed by atoms with Crippen LogP contribution in [0.3, 0.4) is 0 Å². The van der Waals surface area contributed by atoms with Crippen molar-refractivity contribution in [2.75, 3.05) is 33.4 Å². The molecule has 0 aromatic rings. The molecule has 0 unspecified atom stereocenters. The molecule has 21 heavy (non-hydrogen) atoms. The van der Waals surface area contributed by atoms with Crippen LogP contribution in [-0.2, 0) is 14.3 Å². The zero-order valence-corrected chi connectivity index (χ0v) is 13.3. The molecule has 0 spiro atoms. The van der Waals surface area contributed by atoms with Gasteiger partial charge >= 0.3 is 6.09 Å². The van der Waals surface area contributed by atoms with E-state index in [0.29, 0.717) is 25.9 Å². The van der Waals surface area contributed by atoms with Crippen molar-refractivity contribution in [3.63, 3.8) is 0 Å². The molecule has 7 heteroatoms. The molecule has 0 atom stereocenters. The van der Waals surface area contributed by atoms with E-state index >= 15 is 0 Å². The molecule has 122 valence electrons. The normalized spacial score (nSPS) is 18.2. The first-order valence-corrected chi connectivity index (χ1v) is 7.10. The lowest BCUT2D eigenvalue weighted by Gasteiger charge is -2.41. The average Bonchev–Trinajstić information content (AvgIpc) is 2.37. The smallest absolute Gasteiger partial charge is 0.410 e. The number of ether oxygens (including phenoxy) is 2.